The molecule has 9 nitrogen and oxygen atoms in total. The molecule has 2 aromatic carbocycles. The zero-order chi connectivity index (χ0) is 26.7. The van der Waals surface area contributed by atoms with Gasteiger partial charge in [0.1, 0.15) is 5.82 Å². The summed E-state index contributed by atoms with van der Waals surface area (Å²) in [5.74, 6) is -1.66. The van der Waals surface area contributed by atoms with E-state index in [-0.39, 0.29) is 19.0 Å². The number of anilines is 3. The number of piperidine rings is 1. The third-order valence-electron chi connectivity index (χ3n) is 6.44. The van der Waals surface area contributed by atoms with E-state index in [2.05, 4.69) is 10.3 Å². The number of aliphatic carboxylic acids is 1. The van der Waals surface area contributed by atoms with E-state index < -0.39 is 28.6 Å². The van der Waals surface area contributed by atoms with Crippen molar-refractivity contribution in [3.63, 3.8) is 0 Å². The van der Waals surface area contributed by atoms with E-state index >= 15 is 4.39 Å². The highest BCUT2D eigenvalue weighted by atomic mass is 35.5. The zero-order valence-electron chi connectivity index (χ0n) is 20.7. The van der Waals surface area contributed by atoms with E-state index in [0.717, 1.165) is 36.9 Å². The number of nitrogens with one attached hydrogen (secondary N) is 1. The highest BCUT2D eigenvalue weighted by Crippen LogP contribution is 2.27. The Morgan fingerprint density at radius 1 is 1.08 bits per heavy atom. The van der Waals surface area contributed by atoms with Crippen molar-refractivity contribution < 1.29 is 14.3 Å². The number of nitrogens with zero attached hydrogens (tertiary/aromatic N) is 4. The van der Waals surface area contributed by atoms with Gasteiger partial charge in [0.15, 0.2) is 0 Å². The molecule has 1 saturated heterocycles. The number of hydrogen-bond acceptors (Lipinski definition) is 6. The van der Waals surface area contributed by atoms with Crippen LogP contribution in [0.5, 0.6) is 0 Å². The summed E-state index contributed by atoms with van der Waals surface area (Å²) in [4.78, 5) is 43.9. The predicted molar refractivity (Wildman–Crippen MR) is 140 cm³/mol. The van der Waals surface area contributed by atoms with Crippen molar-refractivity contribution in [3.8, 4) is 0 Å². The summed E-state index contributed by atoms with van der Waals surface area (Å²) >= 11 is 5.98. The Balaban J connectivity index is 1.73. The zero-order valence-corrected chi connectivity index (χ0v) is 21.5. The molecule has 2 heterocycles. The Bertz CT molecular complexity index is 1410. The third kappa shape index (κ3) is 6.02. The second-order valence-electron chi connectivity index (χ2n) is 9.83. The van der Waals surface area contributed by atoms with E-state index in [1.54, 1.807) is 36.4 Å². The van der Waals surface area contributed by atoms with E-state index in [9.17, 15) is 19.5 Å². The van der Waals surface area contributed by atoms with Gasteiger partial charge < -0.3 is 15.3 Å². The molecule has 1 aromatic heterocycles. The molecule has 0 amide bonds. The van der Waals surface area contributed by atoms with Crippen molar-refractivity contribution in [1.29, 1.82) is 0 Å². The minimum absolute atomic E-state index is 0.0213. The Morgan fingerprint density at radius 3 is 2.38 bits per heavy atom. The highest BCUT2D eigenvalue weighted by molar-refractivity contribution is 6.30. The van der Waals surface area contributed by atoms with Crippen LogP contribution in [0.4, 0.5) is 21.7 Å². The summed E-state index contributed by atoms with van der Waals surface area (Å²) in [7, 11) is 0. The second-order valence-corrected chi connectivity index (χ2v) is 10.3. The Labute approximate surface area is 218 Å². The van der Waals surface area contributed by atoms with E-state index in [4.69, 9.17) is 11.6 Å². The SMILES string of the molecule is CC(C)(Cn1c(=O)nc(Nc2ccc(N3CCCCC3)c(F)c2)n(Cc2ccc(Cl)cc2)c1=O)C(=O)O. The maximum absolute atomic E-state index is 15.0. The average molecular weight is 530 g/mol. The lowest BCUT2D eigenvalue weighted by molar-refractivity contribution is -0.147. The van der Waals surface area contributed by atoms with E-state index in [1.807, 2.05) is 4.90 Å². The maximum Gasteiger partial charge on any atom is 0.354 e. The van der Waals surface area contributed by atoms with Crippen LogP contribution in [0.3, 0.4) is 0 Å². The maximum atomic E-state index is 15.0. The molecule has 0 saturated carbocycles. The van der Waals surface area contributed by atoms with Crippen molar-refractivity contribution in [1.82, 2.24) is 14.1 Å². The Morgan fingerprint density at radius 2 is 1.76 bits per heavy atom. The molecule has 0 aliphatic carbocycles. The first-order valence-electron chi connectivity index (χ1n) is 12.1. The van der Waals surface area contributed by atoms with Gasteiger partial charge in [-0.1, -0.05) is 23.7 Å². The van der Waals surface area contributed by atoms with Crippen molar-refractivity contribution in [2.45, 2.75) is 46.2 Å². The Kier molecular flexibility index (Phi) is 7.68. The van der Waals surface area contributed by atoms with Gasteiger partial charge in [0, 0.05) is 30.3 Å². The average Bonchev–Trinajstić information content (AvgIpc) is 2.86. The molecule has 0 unspecified atom stereocenters. The van der Waals surface area contributed by atoms with Crippen molar-refractivity contribution >= 4 is 34.9 Å². The van der Waals surface area contributed by atoms with Gasteiger partial charge in [-0.2, -0.15) is 4.98 Å². The molecule has 0 radical (unpaired) electrons. The molecule has 0 spiro atoms. The quantitative estimate of drug-likeness (QED) is 0.452. The van der Waals surface area contributed by atoms with E-state index in [0.29, 0.717) is 22.0 Å². The fraction of sp³-hybridized carbons (Fsp3) is 0.385. The summed E-state index contributed by atoms with van der Waals surface area (Å²) in [5.41, 5.74) is -1.51. The number of carbonyl (C=O) groups is 1. The van der Waals surface area contributed by atoms with Crippen LogP contribution in [0.15, 0.2) is 52.1 Å². The number of carboxylic acids is 1. The fourth-order valence-electron chi connectivity index (χ4n) is 4.24. The van der Waals surface area contributed by atoms with Gasteiger partial charge in [-0.05, 0) is 69.0 Å². The molecule has 37 heavy (non-hydrogen) atoms. The molecule has 3 aromatic rings. The normalized spacial score (nSPS) is 14.0. The van der Waals surface area contributed by atoms with Crippen LogP contribution in [-0.4, -0.2) is 38.3 Å². The first-order chi connectivity index (χ1) is 17.5. The Hall–Kier alpha value is -3.66. The standard InChI is InChI=1S/C26H29ClFN5O4/c1-26(2,22(34)35)16-33-24(36)30-23(32(25(33)37)15-17-6-8-18(27)9-7-17)29-19-10-11-21(20(28)14-19)31-12-4-3-5-13-31/h6-11,14H,3-5,12-13,15-16H2,1-2H3,(H,34,35)(H,29,30,36). The second kappa shape index (κ2) is 10.8. The van der Waals surface area contributed by atoms with Gasteiger partial charge in [0.25, 0.3) is 0 Å². The first-order valence-corrected chi connectivity index (χ1v) is 12.4. The predicted octanol–water partition coefficient (Wildman–Crippen LogP) is 4.09. The summed E-state index contributed by atoms with van der Waals surface area (Å²) < 4.78 is 17.0. The number of benzene rings is 2. The van der Waals surface area contributed by atoms with Crippen LogP contribution < -0.4 is 21.6 Å². The highest BCUT2D eigenvalue weighted by Gasteiger charge is 2.30. The summed E-state index contributed by atoms with van der Waals surface area (Å²) in [6.07, 6.45) is 3.15. The van der Waals surface area contributed by atoms with Gasteiger partial charge in [-0.15, -0.1) is 0 Å². The van der Waals surface area contributed by atoms with Crippen LogP contribution in [0.1, 0.15) is 38.7 Å². The summed E-state index contributed by atoms with van der Waals surface area (Å²) in [5, 5.41) is 12.9. The van der Waals surface area contributed by atoms with Gasteiger partial charge in [-0.25, -0.2) is 18.5 Å². The smallest absolute Gasteiger partial charge is 0.354 e. The molecule has 1 aliphatic heterocycles. The minimum Gasteiger partial charge on any atom is -0.481 e. The molecule has 4 rings (SSSR count). The number of hydrogen-bond donors (Lipinski definition) is 2. The van der Waals surface area contributed by atoms with Crippen LogP contribution in [0, 0.1) is 11.2 Å². The van der Waals surface area contributed by atoms with Crippen molar-refractivity contribution in [3.05, 3.63) is 79.8 Å². The largest absolute Gasteiger partial charge is 0.481 e. The molecule has 2 N–H and O–H groups in total. The topological polar surface area (TPSA) is 109 Å². The van der Waals surface area contributed by atoms with Gasteiger partial charge in [-0.3, -0.25) is 9.36 Å². The summed E-state index contributed by atoms with van der Waals surface area (Å²) in [6.45, 7) is 4.07. The monoisotopic (exact) mass is 529 g/mol. The molecule has 1 fully saturated rings. The molecule has 11 heteroatoms. The van der Waals surface area contributed by atoms with E-state index in [1.165, 1.54) is 24.5 Å². The van der Waals surface area contributed by atoms with Crippen molar-refractivity contribution in [2.75, 3.05) is 23.3 Å². The van der Waals surface area contributed by atoms with Gasteiger partial charge >= 0.3 is 17.3 Å². The van der Waals surface area contributed by atoms with Crippen LogP contribution in [-0.2, 0) is 17.9 Å². The fourth-order valence-corrected chi connectivity index (χ4v) is 4.37. The third-order valence-corrected chi connectivity index (χ3v) is 6.69. The minimum atomic E-state index is -1.38. The first kappa shape index (κ1) is 26.4. The lowest BCUT2D eigenvalue weighted by Gasteiger charge is -2.29. The molecule has 0 atom stereocenters. The summed E-state index contributed by atoms with van der Waals surface area (Å²) in [6, 6.07) is 11.4. The molecule has 1 aliphatic rings. The van der Waals surface area contributed by atoms with Crippen LogP contribution in [0.25, 0.3) is 0 Å². The molecular weight excluding hydrogens is 501 g/mol. The van der Waals surface area contributed by atoms with Gasteiger partial charge in [0.05, 0.1) is 17.6 Å². The van der Waals surface area contributed by atoms with Crippen LogP contribution >= 0.6 is 11.6 Å². The van der Waals surface area contributed by atoms with Crippen molar-refractivity contribution in [2.24, 2.45) is 5.41 Å². The van der Waals surface area contributed by atoms with Crippen LogP contribution in [0.2, 0.25) is 5.02 Å². The van der Waals surface area contributed by atoms with Gasteiger partial charge in [0.2, 0.25) is 5.95 Å². The lowest BCUT2D eigenvalue weighted by atomic mass is 9.94. The lowest BCUT2D eigenvalue weighted by Crippen LogP contribution is -2.46. The molecule has 0 bridgehead atoms. The molecular formula is C26H29ClFN5O4. The number of halogens is 2. The number of aromatic nitrogens is 3. The number of carboxylic acid groups (broad SMARTS) is 1. The molecule has 196 valence electrons. The number of rotatable bonds is 8.